The lowest BCUT2D eigenvalue weighted by atomic mass is 10.0. The molecule has 1 aromatic rings. The first-order valence-corrected chi connectivity index (χ1v) is 5.15. The molecule has 0 bridgehead atoms. The number of carbonyl (C=O) groups excluding carboxylic acids is 1. The minimum atomic E-state index is -2.86. The van der Waals surface area contributed by atoms with Crippen molar-refractivity contribution < 1.29 is 18.7 Å². The molecule has 0 radical (unpaired) electrons. The molecule has 5 heteroatoms. The smallest absolute Gasteiger partial charge is 0.268 e. The van der Waals surface area contributed by atoms with E-state index < -0.39 is 28.3 Å². The quantitative estimate of drug-likeness (QED) is 0.681. The molecule has 1 N–H and O–H groups in total. The third kappa shape index (κ3) is 2.53. The Morgan fingerprint density at radius 2 is 2.07 bits per heavy atom. The molecule has 0 saturated carbocycles. The number of halogens is 3. The average molecular weight is 279 g/mol. The van der Waals surface area contributed by atoms with Crippen molar-refractivity contribution in [3.8, 4) is 5.75 Å². The summed E-state index contributed by atoms with van der Waals surface area (Å²) < 4.78 is 25.2. The summed E-state index contributed by atoms with van der Waals surface area (Å²) in [6.07, 6.45) is -2.86. The van der Waals surface area contributed by atoms with Crippen molar-refractivity contribution in [2.75, 3.05) is 0 Å². The zero-order chi connectivity index (χ0) is 11.6. The van der Waals surface area contributed by atoms with Gasteiger partial charge in [0.2, 0.25) is 0 Å². The predicted molar refractivity (Wildman–Crippen MR) is 55.8 cm³/mol. The van der Waals surface area contributed by atoms with Crippen LogP contribution in [0.4, 0.5) is 8.78 Å². The lowest BCUT2D eigenvalue weighted by Crippen LogP contribution is -2.12. The molecular weight excluding hydrogens is 270 g/mol. The summed E-state index contributed by atoms with van der Waals surface area (Å²) in [4.78, 5) is 11.0. The van der Waals surface area contributed by atoms with Crippen LogP contribution in [0, 0.1) is 0 Å². The van der Waals surface area contributed by atoms with Gasteiger partial charge in [-0.1, -0.05) is 28.1 Å². The fraction of sp³-hybridized carbons (Fsp3) is 0.300. The summed E-state index contributed by atoms with van der Waals surface area (Å²) >= 11 is 3.01. The fourth-order valence-electron chi connectivity index (χ4n) is 1.21. The highest BCUT2D eigenvalue weighted by Gasteiger charge is 2.23. The second-order valence-corrected chi connectivity index (χ2v) is 4.39. The highest BCUT2D eigenvalue weighted by molar-refractivity contribution is 9.10. The molecule has 2 nitrogen and oxygen atoms in total. The molecule has 0 fully saturated rings. The molecule has 0 heterocycles. The molecular formula is C10H9BrF2O2. The Balaban J connectivity index is 3.29. The number of aromatic hydroxyl groups is 1. The number of hydrogen-bond donors (Lipinski definition) is 1. The minimum absolute atomic E-state index is 0.144. The van der Waals surface area contributed by atoms with Crippen LogP contribution < -0.4 is 0 Å². The normalized spacial score (nSPS) is 12.9. The van der Waals surface area contributed by atoms with E-state index >= 15 is 0 Å². The van der Waals surface area contributed by atoms with Crippen molar-refractivity contribution in [1.29, 1.82) is 0 Å². The van der Waals surface area contributed by atoms with Crippen molar-refractivity contribution in [2.24, 2.45) is 0 Å². The Labute approximate surface area is 94.0 Å². The average Bonchev–Trinajstić information content (AvgIpc) is 2.15. The predicted octanol–water partition coefficient (Wildman–Crippen LogP) is 3.30. The molecule has 0 aliphatic rings. The van der Waals surface area contributed by atoms with Gasteiger partial charge in [-0.15, -0.1) is 0 Å². The summed E-state index contributed by atoms with van der Waals surface area (Å²) in [6, 6.07) is 3.78. The minimum Gasteiger partial charge on any atom is -0.507 e. The number of phenols is 1. The van der Waals surface area contributed by atoms with Crippen molar-refractivity contribution in [3.63, 3.8) is 0 Å². The summed E-state index contributed by atoms with van der Waals surface area (Å²) in [6.45, 7) is 1.54. The third-order valence-corrected chi connectivity index (χ3v) is 2.34. The van der Waals surface area contributed by atoms with E-state index in [0.29, 0.717) is 0 Å². The second kappa shape index (κ2) is 4.70. The van der Waals surface area contributed by atoms with Gasteiger partial charge in [-0.3, -0.25) is 4.79 Å². The number of rotatable bonds is 3. The van der Waals surface area contributed by atoms with Gasteiger partial charge in [0.25, 0.3) is 6.43 Å². The SMILES string of the molecule is CC(Br)C(=O)c1cccc(O)c1C(F)F. The third-order valence-electron chi connectivity index (χ3n) is 1.93. The van der Waals surface area contributed by atoms with Crippen LogP contribution in [0.5, 0.6) is 5.75 Å². The second-order valence-electron chi connectivity index (χ2n) is 3.02. The lowest BCUT2D eigenvalue weighted by molar-refractivity contribution is 0.0979. The number of Topliss-reactive ketones (excluding diaryl/α,β-unsaturated/α-hetero) is 1. The van der Waals surface area contributed by atoms with Crippen LogP contribution in [0.3, 0.4) is 0 Å². The number of hydrogen-bond acceptors (Lipinski definition) is 2. The fourth-order valence-corrected chi connectivity index (χ4v) is 1.46. The van der Waals surface area contributed by atoms with Gasteiger partial charge in [0.1, 0.15) is 5.75 Å². The first-order valence-electron chi connectivity index (χ1n) is 4.23. The summed E-state index contributed by atoms with van der Waals surface area (Å²) in [5.41, 5.74) is -0.747. The van der Waals surface area contributed by atoms with E-state index in [9.17, 15) is 18.7 Å². The van der Waals surface area contributed by atoms with Crippen LogP contribution in [0.2, 0.25) is 0 Å². The molecule has 15 heavy (non-hydrogen) atoms. The molecule has 0 aliphatic carbocycles. The molecule has 0 saturated heterocycles. The van der Waals surface area contributed by atoms with Gasteiger partial charge in [0.05, 0.1) is 10.4 Å². The molecule has 1 aromatic carbocycles. The maximum absolute atomic E-state index is 12.6. The standard InChI is InChI=1S/C10H9BrF2O2/c1-5(11)9(15)6-3-2-4-7(14)8(6)10(12)13/h2-5,10,14H,1H3. The van der Waals surface area contributed by atoms with E-state index in [1.165, 1.54) is 12.1 Å². The van der Waals surface area contributed by atoms with Gasteiger partial charge in [-0.25, -0.2) is 8.78 Å². The Hall–Kier alpha value is -0.970. The number of ketones is 1. The Morgan fingerprint density at radius 1 is 1.47 bits per heavy atom. The molecule has 0 amide bonds. The van der Waals surface area contributed by atoms with Gasteiger partial charge < -0.3 is 5.11 Å². The largest absolute Gasteiger partial charge is 0.507 e. The Bertz CT molecular complexity index is 378. The molecule has 82 valence electrons. The van der Waals surface area contributed by atoms with Gasteiger partial charge in [0.15, 0.2) is 5.78 Å². The van der Waals surface area contributed by atoms with Gasteiger partial charge in [-0.05, 0) is 13.0 Å². The van der Waals surface area contributed by atoms with E-state index in [0.717, 1.165) is 6.07 Å². The maximum Gasteiger partial charge on any atom is 0.268 e. The first kappa shape index (κ1) is 12.1. The van der Waals surface area contributed by atoms with Crippen molar-refractivity contribution in [2.45, 2.75) is 18.2 Å². The van der Waals surface area contributed by atoms with E-state index in [1.54, 1.807) is 6.92 Å². The summed E-state index contributed by atoms with van der Waals surface area (Å²) in [7, 11) is 0. The molecule has 0 aliphatic heterocycles. The van der Waals surface area contributed by atoms with Crippen LogP contribution in [-0.2, 0) is 0 Å². The van der Waals surface area contributed by atoms with Crippen LogP contribution >= 0.6 is 15.9 Å². The lowest BCUT2D eigenvalue weighted by Gasteiger charge is -2.10. The number of alkyl halides is 3. The highest BCUT2D eigenvalue weighted by Crippen LogP contribution is 2.32. The van der Waals surface area contributed by atoms with Crippen LogP contribution in [0.15, 0.2) is 18.2 Å². The maximum atomic E-state index is 12.6. The zero-order valence-electron chi connectivity index (χ0n) is 7.88. The van der Waals surface area contributed by atoms with Crippen molar-refractivity contribution in [3.05, 3.63) is 29.3 Å². The Morgan fingerprint density at radius 3 is 2.53 bits per heavy atom. The van der Waals surface area contributed by atoms with Crippen LogP contribution in [-0.4, -0.2) is 15.7 Å². The molecule has 0 spiro atoms. The number of benzene rings is 1. The first-order chi connectivity index (χ1) is 6.95. The van der Waals surface area contributed by atoms with Crippen LogP contribution in [0.1, 0.15) is 29.3 Å². The topological polar surface area (TPSA) is 37.3 Å². The molecule has 1 rings (SSSR count). The van der Waals surface area contributed by atoms with Crippen molar-refractivity contribution >= 4 is 21.7 Å². The Kier molecular flexibility index (Phi) is 3.79. The number of phenolic OH excluding ortho intramolecular Hbond substituents is 1. The molecule has 1 atom stereocenters. The summed E-state index contributed by atoms with van der Waals surface area (Å²) in [5.74, 6) is -1.02. The molecule has 1 unspecified atom stereocenters. The van der Waals surface area contributed by atoms with Gasteiger partial charge >= 0.3 is 0 Å². The number of carbonyl (C=O) groups is 1. The van der Waals surface area contributed by atoms with E-state index in [4.69, 9.17) is 0 Å². The van der Waals surface area contributed by atoms with E-state index in [-0.39, 0.29) is 5.56 Å². The monoisotopic (exact) mass is 278 g/mol. The van der Waals surface area contributed by atoms with Crippen LogP contribution in [0.25, 0.3) is 0 Å². The van der Waals surface area contributed by atoms with E-state index in [1.807, 2.05) is 0 Å². The van der Waals surface area contributed by atoms with Crippen molar-refractivity contribution in [1.82, 2.24) is 0 Å². The van der Waals surface area contributed by atoms with Gasteiger partial charge in [-0.2, -0.15) is 0 Å². The van der Waals surface area contributed by atoms with E-state index in [2.05, 4.69) is 15.9 Å². The summed E-state index contributed by atoms with van der Waals surface area (Å²) in [5, 5.41) is 9.24. The zero-order valence-corrected chi connectivity index (χ0v) is 9.46. The van der Waals surface area contributed by atoms with Gasteiger partial charge in [0, 0.05) is 5.56 Å². The molecule has 0 aromatic heterocycles. The highest BCUT2D eigenvalue weighted by atomic mass is 79.9.